The predicted molar refractivity (Wildman–Crippen MR) is 68.5 cm³/mol. The third-order valence-corrected chi connectivity index (χ3v) is 2.60. The molecule has 0 saturated carbocycles. The van der Waals surface area contributed by atoms with Crippen LogP contribution in [0.25, 0.3) is 0 Å². The second kappa shape index (κ2) is 7.16. The molecule has 0 bridgehead atoms. The quantitative estimate of drug-likeness (QED) is 0.728. The first-order chi connectivity index (χ1) is 8.58. The standard InChI is InChI=1S/C13H22N2O3/c1-4-6-11-14-10(8-7-9(3)16)12(15-11)13(17)18-5-2/h9,16H,4-8H2,1-3H3,(H,14,15). The molecule has 0 aliphatic carbocycles. The molecule has 1 rings (SSSR count). The Morgan fingerprint density at radius 3 is 2.72 bits per heavy atom. The largest absolute Gasteiger partial charge is 0.461 e. The number of aromatic amines is 1. The maximum Gasteiger partial charge on any atom is 0.358 e. The van der Waals surface area contributed by atoms with E-state index in [4.69, 9.17) is 4.74 Å². The molecule has 102 valence electrons. The molecule has 1 unspecified atom stereocenters. The van der Waals surface area contributed by atoms with Crippen molar-refractivity contribution in [3.8, 4) is 0 Å². The number of esters is 1. The smallest absolute Gasteiger partial charge is 0.358 e. The zero-order valence-electron chi connectivity index (χ0n) is 11.3. The fraction of sp³-hybridized carbons (Fsp3) is 0.692. The molecule has 1 heterocycles. The Hall–Kier alpha value is -1.36. The third-order valence-electron chi connectivity index (χ3n) is 2.60. The van der Waals surface area contributed by atoms with E-state index >= 15 is 0 Å². The summed E-state index contributed by atoms with van der Waals surface area (Å²) in [4.78, 5) is 19.2. The monoisotopic (exact) mass is 254 g/mol. The summed E-state index contributed by atoms with van der Waals surface area (Å²) in [5.41, 5.74) is 1.12. The van der Waals surface area contributed by atoms with Crippen LogP contribution in [0.3, 0.4) is 0 Å². The van der Waals surface area contributed by atoms with E-state index in [0.29, 0.717) is 25.1 Å². The maximum atomic E-state index is 11.8. The number of rotatable bonds is 7. The number of hydrogen-bond donors (Lipinski definition) is 2. The highest BCUT2D eigenvalue weighted by atomic mass is 16.5. The number of nitrogens with one attached hydrogen (secondary N) is 1. The van der Waals surface area contributed by atoms with E-state index < -0.39 is 12.1 Å². The van der Waals surface area contributed by atoms with Crippen LogP contribution >= 0.6 is 0 Å². The lowest BCUT2D eigenvalue weighted by Crippen LogP contribution is -2.10. The first-order valence-corrected chi connectivity index (χ1v) is 6.51. The summed E-state index contributed by atoms with van der Waals surface area (Å²) in [7, 11) is 0. The van der Waals surface area contributed by atoms with Gasteiger partial charge in [0.25, 0.3) is 0 Å². The number of ether oxygens (including phenoxy) is 1. The molecule has 0 aliphatic rings. The van der Waals surface area contributed by atoms with Gasteiger partial charge < -0.3 is 14.8 Å². The number of aryl methyl sites for hydroxylation is 2. The minimum absolute atomic E-state index is 0.338. The van der Waals surface area contributed by atoms with Gasteiger partial charge in [-0.25, -0.2) is 9.78 Å². The summed E-state index contributed by atoms with van der Waals surface area (Å²) in [6, 6.07) is 0. The van der Waals surface area contributed by atoms with E-state index in [1.54, 1.807) is 13.8 Å². The minimum atomic E-state index is -0.392. The molecular formula is C13H22N2O3. The van der Waals surface area contributed by atoms with Gasteiger partial charge in [-0.15, -0.1) is 0 Å². The number of nitrogens with zero attached hydrogens (tertiary/aromatic N) is 1. The van der Waals surface area contributed by atoms with Gasteiger partial charge in [0.05, 0.1) is 12.7 Å². The lowest BCUT2D eigenvalue weighted by molar-refractivity contribution is 0.0518. The normalized spacial score (nSPS) is 12.4. The van der Waals surface area contributed by atoms with Crippen molar-refractivity contribution in [2.75, 3.05) is 6.61 Å². The number of hydrogen-bond acceptors (Lipinski definition) is 4. The Bertz CT molecular complexity index is 386. The molecule has 0 amide bonds. The summed E-state index contributed by atoms with van der Waals surface area (Å²) in [6.45, 7) is 5.90. The van der Waals surface area contributed by atoms with E-state index in [1.807, 2.05) is 0 Å². The highest BCUT2D eigenvalue weighted by molar-refractivity contribution is 5.88. The Balaban J connectivity index is 2.86. The van der Waals surface area contributed by atoms with Crippen molar-refractivity contribution in [2.24, 2.45) is 0 Å². The molecule has 1 aromatic heterocycles. The van der Waals surface area contributed by atoms with Crippen molar-refractivity contribution in [2.45, 2.75) is 52.6 Å². The molecule has 5 nitrogen and oxygen atoms in total. The van der Waals surface area contributed by atoms with Crippen molar-refractivity contribution >= 4 is 5.97 Å². The highest BCUT2D eigenvalue weighted by Gasteiger charge is 2.18. The van der Waals surface area contributed by atoms with E-state index in [-0.39, 0.29) is 0 Å². The molecule has 0 aromatic carbocycles. The number of carbonyl (C=O) groups excluding carboxylic acids is 1. The van der Waals surface area contributed by atoms with Gasteiger partial charge in [0.2, 0.25) is 0 Å². The summed E-state index contributed by atoms with van der Waals surface area (Å²) in [5.74, 6) is 0.415. The number of aliphatic hydroxyl groups is 1. The summed E-state index contributed by atoms with van der Waals surface area (Å²) in [6.07, 6.45) is 2.58. The molecule has 0 fully saturated rings. The van der Waals surface area contributed by atoms with Crippen molar-refractivity contribution in [1.82, 2.24) is 9.97 Å². The highest BCUT2D eigenvalue weighted by Crippen LogP contribution is 2.13. The maximum absolute atomic E-state index is 11.8. The molecule has 5 heteroatoms. The van der Waals surface area contributed by atoms with Crippen LogP contribution in [0.15, 0.2) is 0 Å². The van der Waals surface area contributed by atoms with Crippen molar-refractivity contribution in [3.63, 3.8) is 0 Å². The van der Waals surface area contributed by atoms with Gasteiger partial charge in [-0.2, -0.15) is 0 Å². The van der Waals surface area contributed by atoms with Crippen LogP contribution in [0.5, 0.6) is 0 Å². The number of H-pyrrole nitrogens is 1. The molecule has 18 heavy (non-hydrogen) atoms. The number of aromatic nitrogens is 2. The van der Waals surface area contributed by atoms with Gasteiger partial charge in [-0.3, -0.25) is 0 Å². The van der Waals surface area contributed by atoms with Gasteiger partial charge >= 0.3 is 5.97 Å². The van der Waals surface area contributed by atoms with E-state index in [9.17, 15) is 9.90 Å². The van der Waals surface area contributed by atoms with Gasteiger partial charge in [0, 0.05) is 12.1 Å². The molecule has 1 aromatic rings. The van der Waals surface area contributed by atoms with Gasteiger partial charge in [-0.05, 0) is 33.1 Å². The van der Waals surface area contributed by atoms with Crippen molar-refractivity contribution in [1.29, 1.82) is 0 Å². The van der Waals surface area contributed by atoms with Crippen LogP contribution in [0.2, 0.25) is 0 Å². The third kappa shape index (κ3) is 4.14. The SMILES string of the molecule is CCCc1nc(C(=O)OCC)c(CCC(C)O)[nH]1. The fourth-order valence-electron chi connectivity index (χ4n) is 1.72. The zero-order valence-corrected chi connectivity index (χ0v) is 11.3. The van der Waals surface area contributed by atoms with Crippen LogP contribution in [0.1, 0.15) is 55.6 Å². The van der Waals surface area contributed by atoms with Crippen LogP contribution in [0, 0.1) is 0 Å². The second-order valence-electron chi connectivity index (χ2n) is 4.37. The zero-order chi connectivity index (χ0) is 13.5. The molecular weight excluding hydrogens is 232 g/mol. The summed E-state index contributed by atoms with van der Waals surface area (Å²) < 4.78 is 4.98. The van der Waals surface area contributed by atoms with E-state index in [1.165, 1.54) is 0 Å². The van der Waals surface area contributed by atoms with Crippen LogP contribution in [-0.4, -0.2) is 33.8 Å². The Morgan fingerprint density at radius 2 is 2.17 bits per heavy atom. The molecule has 0 spiro atoms. The Kier molecular flexibility index (Phi) is 5.85. The predicted octanol–water partition coefficient (Wildman–Crippen LogP) is 1.85. The number of imidazole rings is 1. The number of carbonyl (C=O) groups is 1. The van der Waals surface area contributed by atoms with Gasteiger partial charge in [0.1, 0.15) is 5.82 Å². The average Bonchev–Trinajstić information content (AvgIpc) is 2.70. The lowest BCUT2D eigenvalue weighted by atomic mass is 10.1. The minimum Gasteiger partial charge on any atom is -0.461 e. The van der Waals surface area contributed by atoms with Crippen molar-refractivity contribution < 1.29 is 14.6 Å². The van der Waals surface area contributed by atoms with Gasteiger partial charge in [-0.1, -0.05) is 6.92 Å². The van der Waals surface area contributed by atoms with Crippen LogP contribution in [0.4, 0.5) is 0 Å². The van der Waals surface area contributed by atoms with Crippen LogP contribution in [-0.2, 0) is 17.6 Å². The number of aliphatic hydroxyl groups excluding tert-OH is 1. The lowest BCUT2D eigenvalue weighted by Gasteiger charge is -2.04. The Morgan fingerprint density at radius 1 is 1.44 bits per heavy atom. The average molecular weight is 254 g/mol. The van der Waals surface area contributed by atoms with E-state index in [2.05, 4.69) is 16.9 Å². The summed E-state index contributed by atoms with van der Waals surface area (Å²) in [5, 5.41) is 9.31. The summed E-state index contributed by atoms with van der Waals surface area (Å²) >= 11 is 0. The molecule has 0 radical (unpaired) electrons. The molecule has 0 aliphatic heterocycles. The second-order valence-corrected chi connectivity index (χ2v) is 4.37. The first kappa shape index (κ1) is 14.7. The van der Waals surface area contributed by atoms with Gasteiger partial charge in [0.15, 0.2) is 5.69 Å². The topological polar surface area (TPSA) is 75.2 Å². The molecule has 1 atom stereocenters. The van der Waals surface area contributed by atoms with Crippen molar-refractivity contribution in [3.05, 3.63) is 17.2 Å². The fourth-order valence-corrected chi connectivity index (χ4v) is 1.72. The van der Waals surface area contributed by atoms with Crippen LogP contribution < -0.4 is 0 Å². The van der Waals surface area contributed by atoms with E-state index in [0.717, 1.165) is 24.4 Å². The molecule has 0 saturated heterocycles. The molecule has 2 N–H and O–H groups in total. The Labute approximate surface area is 108 Å². The first-order valence-electron chi connectivity index (χ1n) is 6.51.